The van der Waals surface area contributed by atoms with Crippen molar-refractivity contribution in [1.29, 1.82) is 0 Å². The van der Waals surface area contributed by atoms with Gasteiger partial charge in [-0.25, -0.2) is 9.79 Å². The van der Waals surface area contributed by atoms with Crippen LogP contribution in [0.4, 0.5) is 0 Å². The number of ether oxygens (including phenoxy) is 3. The molecule has 0 bridgehead atoms. The van der Waals surface area contributed by atoms with Gasteiger partial charge in [-0.1, -0.05) is 29.5 Å². The molecule has 1 aliphatic rings. The summed E-state index contributed by atoms with van der Waals surface area (Å²) in [5, 5.41) is 11.0. The minimum absolute atomic E-state index is 0.0767. The normalized spacial score (nSPS) is 15.6. The number of aryl methyl sites for hydroxylation is 1. The maximum atomic E-state index is 12.8. The Morgan fingerprint density at radius 1 is 1.06 bits per heavy atom. The van der Waals surface area contributed by atoms with E-state index < -0.39 is 11.9 Å². The van der Waals surface area contributed by atoms with E-state index >= 15 is 0 Å². The lowest BCUT2D eigenvalue weighted by Gasteiger charge is -2.13. The van der Waals surface area contributed by atoms with E-state index in [9.17, 15) is 14.7 Å². The first-order valence-corrected chi connectivity index (χ1v) is 12.7. The Hall–Kier alpha value is -3.04. The molecule has 0 atom stereocenters. The molecule has 184 valence electrons. The first-order chi connectivity index (χ1) is 16.8. The zero-order valence-corrected chi connectivity index (χ0v) is 22.3. The zero-order valence-electron chi connectivity index (χ0n) is 19.9. The molecule has 7 nitrogen and oxygen atoms in total. The molecule has 0 saturated heterocycles. The number of halogens is 1. The van der Waals surface area contributed by atoms with Gasteiger partial charge in [-0.15, -0.1) is 0 Å². The topological polar surface area (TPSA) is 94.4 Å². The van der Waals surface area contributed by atoms with Crippen LogP contribution in [0.1, 0.15) is 42.3 Å². The Morgan fingerprint density at radius 3 is 2.37 bits per heavy atom. The van der Waals surface area contributed by atoms with Gasteiger partial charge in [-0.2, -0.15) is 0 Å². The molecule has 0 unspecified atom stereocenters. The van der Waals surface area contributed by atoms with Crippen LogP contribution in [0.15, 0.2) is 62.1 Å². The van der Waals surface area contributed by atoms with Gasteiger partial charge in [0.05, 0.1) is 29.2 Å². The van der Waals surface area contributed by atoms with Crippen molar-refractivity contribution in [2.24, 2.45) is 4.99 Å². The van der Waals surface area contributed by atoms with E-state index in [0.717, 1.165) is 17.3 Å². The van der Waals surface area contributed by atoms with Crippen molar-refractivity contribution >= 4 is 50.7 Å². The van der Waals surface area contributed by atoms with Crippen molar-refractivity contribution in [2.45, 2.75) is 27.7 Å². The number of thioether (sulfide) groups is 1. The van der Waals surface area contributed by atoms with Crippen molar-refractivity contribution in [3.8, 4) is 11.5 Å². The zero-order chi connectivity index (χ0) is 25.5. The van der Waals surface area contributed by atoms with Crippen molar-refractivity contribution < 1.29 is 28.9 Å². The molecule has 0 aromatic heterocycles. The highest BCUT2D eigenvalue weighted by atomic mass is 79.9. The molecule has 2 aromatic carbocycles. The molecule has 1 N–H and O–H groups in total. The van der Waals surface area contributed by atoms with E-state index in [0.29, 0.717) is 45.2 Å². The van der Waals surface area contributed by atoms with Crippen LogP contribution < -0.4 is 9.47 Å². The summed E-state index contributed by atoms with van der Waals surface area (Å²) >= 11 is 4.53. The molecule has 3 rings (SSSR count). The SMILES string of the molecule is CCOC(=O)C1=C(O)/C(=C/c2cc(Br)c(OCC)c(OCC)c2)SC1=NC(=O)c1ccc(C)cc1. The minimum Gasteiger partial charge on any atom is -0.506 e. The first kappa shape index (κ1) is 26.6. The predicted molar refractivity (Wildman–Crippen MR) is 141 cm³/mol. The molecule has 2 aromatic rings. The fraction of sp³-hybridized carbons (Fsp3) is 0.269. The summed E-state index contributed by atoms with van der Waals surface area (Å²) in [5.74, 6) is -0.457. The number of aliphatic hydroxyl groups is 1. The quantitative estimate of drug-likeness (QED) is 0.381. The van der Waals surface area contributed by atoms with Gasteiger partial charge in [0.1, 0.15) is 16.4 Å². The number of aliphatic hydroxyl groups excluding tert-OH is 1. The number of nitrogens with zero attached hydrogens (tertiary/aromatic N) is 1. The summed E-state index contributed by atoms with van der Waals surface area (Å²) in [7, 11) is 0. The van der Waals surface area contributed by atoms with E-state index in [2.05, 4.69) is 20.9 Å². The highest BCUT2D eigenvalue weighted by Gasteiger charge is 2.34. The summed E-state index contributed by atoms with van der Waals surface area (Å²) in [6.07, 6.45) is 1.68. The van der Waals surface area contributed by atoms with Crippen LogP contribution in [-0.2, 0) is 9.53 Å². The standard InChI is InChI=1S/C26H26BrNO6S/c1-5-32-19-13-16(12-18(27)23(19)33-6-2)14-20-22(29)21(26(31)34-7-3)25(35-20)28-24(30)17-10-8-15(4)9-11-17/h8-14,29H,5-7H2,1-4H3/b20-14-,28-25?. The van der Waals surface area contributed by atoms with E-state index in [1.54, 1.807) is 43.3 Å². The number of hydrogen-bond donors (Lipinski definition) is 1. The van der Waals surface area contributed by atoms with Crippen molar-refractivity contribution in [1.82, 2.24) is 0 Å². The number of benzene rings is 2. The van der Waals surface area contributed by atoms with E-state index in [-0.39, 0.29) is 23.0 Å². The smallest absolute Gasteiger partial charge is 0.344 e. The summed E-state index contributed by atoms with van der Waals surface area (Å²) < 4.78 is 17.2. The summed E-state index contributed by atoms with van der Waals surface area (Å²) in [5.41, 5.74) is 1.93. The largest absolute Gasteiger partial charge is 0.506 e. The van der Waals surface area contributed by atoms with E-state index in [4.69, 9.17) is 14.2 Å². The number of carbonyl (C=O) groups excluding carboxylic acids is 2. The van der Waals surface area contributed by atoms with Crippen molar-refractivity contribution in [2.75, 3.05) is 19.8 Å². The lowest BCUT2D eigenvalue weighted by Crippen LogP contribution is -2.14. The Morgan fingerprint density at radius 2 is 1.74 bits per heavy atom. The summed E-state index contributed by atoms with van der Waals surface area (Å²) in [6, 6.07) is 10.5. The molecular formula is C26H26BrNO6S. The van der Waals surface area contributed by atoms with Crippen LogP contribution in [0.3, 0.4) is 0 Å². The van der Waals surface area contributed by atoms with Gasteiger partial charge in [0, 0.05) is 5.56 Å². The third-order valence-electron chi connectivity index (χ3n) is 4.79. The van der Waals surface area contributed by atoms with E-state index in [1.807, 2.05) is 26.8 Å². The van der Waals surface area contributed by atoms with Gasteiger partial charge < -0.3 is 19.3 Å². The average Bonchev–Trinajstić information content (AvgIpc) is 3.11. The lowest BCUT2D eigenvalue weighted by molar-refractivity contribution is -0.138. The molecular weight excluding hydrogens is 534 g/mol. The third-order valence-corrected chi connectivity index (χ3v) is 6.40. The monoisotopic (exact) mass is 559 g/mol. The Balaban J connectivity index is 2.04. The minimum atomic E-state index is -0.751. The van der Waals surface area contributed by atoms with E-state index in [1.165, 1.54) is 0 Å². The molecule has 0 aliphatic carbocycles. The van der Waals surface area contributed by atoms with Crippen LogP contribution in [0.5, 0.6) is 11.5 Å². The highest BCUT2D eigenvalue weighted by Crippen LogP contribution is 2.42. The first-order valence-electron chi connectivity index (χ1n) is 11.1. The second-order valence-corrected chi connectivity index (χ2v) is 9.22. The molecule has 0 saturated carbocycles. The third kappa shape index (κ3) is 6.35. The molecule has 0 radical (unpaired) electrons. The molecule has 1 aliphatic heterocycles. The van der Waals surface area contributed by atoms with Gasteiger partial charge in [-0.3, -0.25) is 4.79 Å². The number of aliphatic imine (C=N–C) groups is 1. The fourth-order valence-electron chi connectivity index (χ4n) is 3.21. The fourth-order valence-corrected chi connectivity index (χ4v) is 4.80. The van der Waals surface area contributed by atoms with Crippen LogP contribution in [0.25, 0.3) is 6.08 Å². The average molecular weight is 560 g/mol. The number of rotatable bonds is 8. The summed E-state index contributed by atoms with van der Waals surface area (Å²) in [4.78, 5) is 29.9. The lowest BCUT2D eigenvalue weighted by atomic mass is 10.1. The maximum absolute atomic E-state index is 12.8. The molecule has 35 heavy (non-hydrogen) atoms. The second kappa shape index (κ2) is 12.1. The van der Waals surface area contributed by atoms with Gasteiger partial charge in [0.25, 0.3) is 5.91 Å². The van der Waals surface area contributed by atoms with Crippen LogP contribution in [0, 0.1) is 6.92 Å². The second-order valence-electron chi connectivity index (χ2n) is 7.34. The number of amides is 1. The van der Waals surface area contributed by atoms with Crippen LogP contribution >= 0.6 is 27.7 Å². The summed E-state index contributed by atoms with van der Waals surface area (Å²) in [6.45, 7) is 8.35. The Kier molecular flexibility index (Phi) is 9.17. The Bertz CT molecular complexity index is 1220. The highest BCUT2D eigenvalue weighted by molar-refractivity contribution is 9.10. The van der Waals surface area contributed by atoms with Gasteiger partial charge in [0.15, 0.2) is 11.5 Å². The molecule has 0 spiro atoms. The Labute approximate surface area is 217 Å². The number of carbonyl (C=O) groups is 2. The molecule has 0 fully saturated rings. The van der Waals surface area contributed by atoms with Gasteiger partial charge in [-0.05, 0) is 79.5 Å². The van der Waals surface area contributed by atoms with Crippen molar-refractivity contribution in [3.05, 3.63) is 73.8 Å². The van der Waals surface area contributed by atoms with Gasteiger partial charge in [0.2, 0.25) is 0 Å². The maximum Gasteiger partial charge on any atom is 0.344 e. The molecule has 9 heteroatoms. The van der Waals surface area contributed by atoms with Crippen molar-refractivity contribution in [3.63, 3.8) is 0 Å². The predicted octanol–water partition coefficient (Wildman–Crippen LogP) is 6.26. The number of esters is 1. The van der Waals surface area contributed by atoms with Gasteiger partial charge >= 0.3 is 5.97 Å². The number of hydrogen-bond acceptors (Lipinski definition) is 7. The molecule has 1 amide bonds. The molecule has 1 heterocycles. The van der Waals surface area contributed by atoms with Crippen LogP contribution in [-0.4, -0.2) is 41.8 Å². The van der Waals surface area contributed by atoms with Crippen LogP contribution in [0.2, 0.25) is 0 Å².